The zero-order chi connectivity index (χ0) is 22.5. The summed E-state index contributed by atoms with van der Waals surface area (Å²) in [6.45, 7) is 6.11. The van der Waals surface area contributed by atoms with E-state index in [0.717, 1.165) is 75.7 Å². The Labute approximate surface area is 195 Å². The topological polar surface area (TPSA) is 52.6 Å². The van der Waals surface area contributed by atoms with E-state index in [0.29, 0.717) is 5.91 Å². The molecular weight excluding hydrogens is 410 g/mol. The summed E-state index contributed by atoms with van der Waals surface area (Å²) < 4.78 is 0. The molecule has 2 saturated heterocycles. The Morgan fingerprint density at radius 1 is 0.879 bits per heavy atom. The molecule has 2 aliphatic heterocycles. The molecule has 2 aromatic carbocycles. The highest BCUT2D eigenvalue weighted by molar-refractivity contribution is 5.80. The summed E-state index contributed by atoms with van der Waals surface area (Å²) in [4.78, 5) is 29.1. The number of carbonyl (C=O) groups is 1. The summed E-state index contributed by atoms with van der Waals surface area (Å²) in [7, 11) is 0. The van der Waals surface area contributed by atoms with Gasteiger partial charge >= 0.3 is 0 Å². The van der Waals surface area contributed by atoms with Crippen LogP contribution in [0.3, 0.4) is 0 Å². The fourth-order valence-corrected chi connectivity index (χ4v) is 4.90. The number of hydrogen-bond acceptors (Lipinski definition) is 5. The van der Waals surface area contributed by atoms with E-state index >= 15 is 0 Å². The number of carbonyl (C=O) groups excluding carboxylic acids is 1. The number of amides is 1. The highest BCUT2D eigenvalue weighted by Crippen LogP contribution is 2.26. The average Bonchev–Trinajstić information content (AvgIpc) is 2.90. The molecule has 3 heterocycles. The van der Waals surface area contributed by atoms with Crippen LogP contribution >= 0.6 is 0 Å². The van der Waals surface area contributed by atoms with Gasteiger partial charge in [-0.25, -0.2) is 9.97 Å². The third-order valence-electron chi connectivity index (χ3n) is 6.75. The third-order valence-corrected chi connectivity index (χ3v) is 6.75. The lowest BCUT2D eigenvalue weighted by Gasteiger charge is -2.39. The lowest BCUT2D eigenvalue weighted by atomic mass is 9.96. The van der Waals surface area contributed by atoms with Crippen LogP contribution in [0.4, 0.5) is 5.82 Å². The van der Waals surface area contributed by atoms with Gasteiger partial charge in [0.15, 0.2) is 0 Å². The first-order valence-corrected chi connectivity index (χ1v) is 11.9. The van der Waals surface area contributed by atoms with Crippen molar-refractivity contribution in [3.63, 3.8) is 0 Å². The number of hydrogen-bond donors (Lipinski definition) is 0. The van der Waals surface area contributed by atoms with E-state index in [1.54, 1.807) is 6.33 Å². The number of rotatable bonds is 5. The Morgan fingerprint density at radius 3 is 2.36 bits per heavy atom. The lowest BCUT2D eigenvalue weighted by molar-refractivity contribution is -0.137. The van der Waals surface area contributed by atoms with E-state index in [2.05, 4.69) is 67.1 Å². The van der Waals surface area contributed by atoms with E-state index in [9.17, 15) is 4.79 Å². The minimum atomic E-state index is 0.0366. The Morgan fingerprint density at radius 2 is 1.61 bits per heavy atom. The average molecular weight is 442 g/mol. The predicted molar refractivity (Wildman–Crippen MR) is 131 cm³/mol. The molecule has 0 radical (unpaired) electrons. The van der Waals surface area contributed by atoms with Crippen LogP contribution in [-0.2, 0) is 11.3 Å². The van der Waals surface area contributed by atoms with Gasteiger partial charge in [0.2, 0.25) is 5.91 Å². The summed E-state index contributed by atoms with van der Waals surface area (Å²) in [6.07, 6.45) is 3.60. The minimum absolute atomic E-state index is 0.0366. The van der Waals surface area contributed by atoms with Crippen molar-refractivity contribution in [2.75, 3.05) is 44.2 Å². The van der Waals surface area contributed by atoms with E-state index in [4.69, 9.17) is 0 Å². The molecule has 2 aliphatic rings. The van der Waals surface area contributed by atoms with Crippen molar-refractivity contribution in [1.29, 1.82) is 0 Å². The van der Waals surface area contributed by atoms with Crippen molar-refractivity contribution in [3.8, 4) is 11.3 Å². The molecule has 1 aromatic heterocycles. The molecule has 5 rings (SSSR count). The largest absolute Gasteiger partial charge is 0.356 e. The molecule has 0 spiro atoms. The number of anilines is 1. The lowest BCUT2D eigenvalue weighted by Crippen LogP contribution is -2.52. The van der Waals surface area contributed by atoms with Gasteiger partial charge in [-0.05, 0) is 18.4 Å². The van der Waals surface area contributed by atoms with Gasteiger partial charge in [-0.3, -0.25) is 9.69 Å². The molecule has 0 saturated carbocycles. The molecule has 1 atom stereocenters. The number of piperidine rings is 1. The Hall–Kier alpha value is -3.25. The van der Waals surface area contributed by atoms with Crippen molar-refractivity contribution in [2.24, 2.45) is 5.92 Å². The van der Waals surface area contributed by atoms with Crippen molar-refractivity contribution in [3.05, 3.63) is 78.6 Å². The van der Waals surface area contributed by atoms with Gasteiger partial charge in [-0.15, -0.1) is 0 Å². The summed E-state index contributed by atoms with van der Waals surface area (Å²) in [5, 5.41) is 0. The second kappa shape index (κ2) is 10.1. The van der Waals surface area contributed by atoms with Crippen molar-refractivity contribution in [1.82, 2.24) is 19.8 Å². The zero-order valence-electron chi connectivity index (χ0n) is 19.0. The number of aromatic nitrogens is 2. The maximum Gasteiger partial charge on any atom is 0.227 e. The van der Waals surface area contributed by atoms with E-state index in [1.807, 2.05) is 24.3 Å². The molecule has 1 amide bonds. The van der Waals surface area contributed by atoms with Crippen LogP contribution in [0.2, 0.25) is 0 Å². The maximum atomic E-state index is 13.3. The molecule has 3 aromatic rings. The van der Waals surface area contributed by atoms with Gasteiger partial charge in [0, 0.05) is 57.4 Å². The molecule has 1 unspecified atom stereocenters. The molecule has 2 fully saturated rings. The second-order valence-corrected chi connectivity index (χ2v) is 9.00. The standard InChI is InChI=1S/C27H31N5O/c33-27(31-16-14-30(15-17-31)19-22-8-3-1-4-9-22)24-12-7-13-32(20-24)26-18-25(28-21-29-26)23-10-5-2-6-11-23/h1-6,8-11,18,21,24H,7,12-17,19-20H2. The van der Waals surface area contributed by atoms with Gasteiger partial charge in [0.1, 0.15) is 12.1 Å². The zero-order valence-corrected chi connectivity index (χ0v) is 19.0. The van der Waals surface area contributed by atoms with Crippen molar-refractivity contribution >= 4 is 11.7 Å². The molecular formula is C27H31N5O. The Balaban J connectivity index is 1.19. The first-order valence-electron chi connectivity index (χ1n) is 11.9. The highest BCUT2D eigenvalue weighted by atomic mass is 16.2. The fourth-order valence-electron chi connectivity index (χ4n) is 4.90. The van der Waals surface area contributed by atoms with Gasteiger partial charge in [-0.1, -0.05) is 60.7 Å². The Kier molecular flexibility index (Phi) is 6.63. The first kappa shape index (κ1) is 21.6. The van der Waals surface area contributed by atoms with Crippen molar-refractivity contribution < 1.29 is 4.79 Å². The molecule has 170 valence electrons. The number of benzene rings is 2. The minimum Gasteiger partial charge on any atom is -0.356 e. The monoisotopic (exact) mass is 441 g/mol. The SMILES string of the molecule is O=C(C1CCCN(c2cc(-c3ccccc3)ncn2)C1)N1CCN(Cc2ccccc2)CC1. The van der Waals surface area contributed by atoms with Crippen LogP contribution < -0.4 is 4.90 Å². The van der Waals surface area contributed by atoms with Gasteiger partial charge < -0.3 is 9.80 Å². The summed E-state index contributed by atoms with van der Waals surface area (Å²) >= 11 is 0. The number of piperazine rings is 1. The van der Waals surface area contributed by atoms with E-state index in [1.165, 1.54) is 5.56 Å². The maximum absolute atomic E-state index is 13.3. The van der Waals surface area contributed by atoms with Crippen LogP contribution in [0, 0.1) is 5.92 Å². The van der Waals surface area contributed by atoms with Crippen LogP contribution in [-0.4, -0.2) is 64.9 Å². The van der Waals surface area contributed by atoms with E-state index in [-0.39, 0.29) is 5.92 Å². The molecule has 6 nitrogen and oxygen atoms in total. The third kappa shape index (κ3) is 5.22. The van der Waals surface area contributed by atoms with Gasteiger partial charge in [0.25, 0.3) is 0 Å². The van der Waals surface area contributed by atoms with Crippen LogP contribution in [0.1, 0.15) is 18.4 Å². The Bertz CT molecular complexity index is 1050. The van der Waals surface area contributed by atoms with Crippen LogP contribution in [0.5, 0.6) is 0 Å². The fraction of sp³-hybridized carbons (Fsp3) is 0.370. The molecule has 0 aliphatic carbocycles. The summed E-state index contributed by atoms with van der Waals surface area (Å²) in [5.41, 5.74) is 3.34. The molecule has 0 N–H and O–H groups in total. The van der Waals surface area contributed by atoms with Crippen molar-refractivity contribution in [2.45, 2.75) is 19.4 Å². The van der Waals surface area contributed by atoms with Gasteiger partial charge in [-0.2, -0.15) is 0 Å². The van der Waals surface area contributed by atoms with Crippen LogP contribution in [0.15, 0.2) is 73.1 Å². The van der Waals surface area contributed by atoms with E-state index < -0.39 is 0 Å². The molecule has 6 heteroatoms. The normalized spacial score (nSPS) is 19.5. The van der Waals surface area contributed by atoms with Gasteiger partial charge in [0.05, 0.1) is 11.6 Å². The summed E-state index contributed by atoms with van der Waals surface area (Å²) in [6, 6.07) is 22.8. The summed E-state index contributed by atoms with van der Waals surface area (Å²) in [5.74, 6) is 1.25. The highest BCUT2D eigenvalue weighted by Gasteiger charge is 2.31. The quantitative estimate of drug-likeness (QED) is 0.604. The second-order valence-electron chi connectivity index (χ2n) is 9.00. The molecule has 33 heavy (non-hydrogen) atoms. The molecule has 0 bridgehead atoms. The smallest absolute Gasteiger partial charge is 0.227 e. The first-order chi connectivity index (χ1) is 16.3. The van der Waals surface area contributed by atoms with Crippen LogP contribution in [0.25, 0.3) is 11.3 Å². The predicted octanol–water partition coefficient (Wildman–Crippen LogP) is 3.70. The number of nitrogens with zero attached hydrogens (tertiary/aromatic N) is 5.